The number of halogens is 1. The van der Waals surface area contributed by atoms with E-state index in [0.717, 1.165) is 5.56 Å². The van der Waals surface area contributed by atoms with E-state index in [0.29, 0.717) is 12.1 Å². The van der Waals surface area contributed by atoms with Gasteiger partial charge in [0.25, 0.3) is 0 Å². The van der Waals surface area contributed by atoms with Gasteiger partial charge in [-0.1, -0.05) is 6.07 Å². The van der Waals surface area contributed by atoms with E-state index in [1.54, 1.807) is 13.0 Å². The van der Waals surface area contributed by atoms with Crippen molar-refractivity contribution in [2.24, 2.45) is 0 Å². The number of carbonyl (C=O) groups is 2. The van der Waals surface area contributed by atoms with Crippen LogP contribution in [0.3, 0.4) is 0 Å². The third-order valence-electron chi connectivity index (χ3n) is 3.07. The fourth-order valence-electron chi connectivity index (χ4n) is 2.01. The highest BCUT2D eigenvalue weighted by Gasteiger charge is 2.23. The molecule has 0 aliphatic carbocycles. The summed E-state index contributed by atoms with van der Waals surface area (Å²) < 4.78 is 13.1. The Kier molecular flexibility index (Phi) is 5.19. The molecule has 0 radical (unpaired) electrons. The molecule has 1 aliphatic heterocycles. The zero-order valence-electron chi connectivity index (χ0n) is 11.9. The van der Waals surface area contributed by atoms with Crippen molar-refractivity contribution >= 4 is 29.3 Å². The molecule has 0 saturated carbocycles. The Labute approximate surface area is 127 Å². The molecule has 0 spiro atoms. The van der Waals surface area contributed by atoms with Crippen molar-refractivity contribution in [3.05, 3.63) is 29.6 Å². The Morgan fingerprint density at radius 1 is 1.52 bits per heavy atom. The first-order valence-electron chi connectivity index (χ1n) is 6.67. The molecule has 2 atom stereocenters. The average molecular weight is 311 g/mol. The molecule has 2 amide bonds. The molecule has 1 heterocycles. The van der Waals surface area contributed by atoms with Crippen LogP contribution in [0.25, 0.3) is 0 Å². The molecule has 0 aromatic heterocycles. The van der Waals surface area contributed by atoms with Crippen LogP contribution in [0.4, 0.5) is 10.1 Å². The highest BCUT2D eigenvalue weighted by Crippen LogP contribution is 2.17. The number of aryl methyl sites for hydroxylation is 1. The molecule has 1 aromatic carbocycles. The third-order valence-corrected chi connectivity index (χ3v) is 4.09. The Hall–Kier alpha value is -1.60. The normalized spacial score (nSPS) is 21.8. The minimum atomic E-state index is -0.390. The summed E-state index contributed by atoms with van der Waals surface area (Å²) in [6.45, 7) is 3.72. The van der Waals surface area contributed by atoms with Gasteiger partial charge in [-0.3, -0.25) is 14.9 Å². The summed E-state index contributed by atoms with van der Waals surface area (Å²) in [5.74, 6) is -0.484. The van der Waals surface area contributed by atoms with Crippen molar-refractivity contribution in [3.63, 3.8) is 0 Å². The second-order valence-electron chi connectivity index (χ2n) is 5.04. The van der Waals surface area contributed by atoms with E-state index >= 15 is 0 Å². The quantitative estimate of drug-likeness (QED) is 0.790. The second kappa shape index (κ2) is 6.91. The standard InChI is InChI=1S/C14H18FN3O2S/c1-8-3-4-10(15)6-11(8)17-13(20)7-21-14-16-9(2)5-12(19)18-14/h3-4,6,9,14,16H,5,7H2,1-2H3,(H,17,20)(H,18,19). The van der Waals surface area contributed by atoms with Gasteiger partial charge in [-0.05, 0) is 31.5 Å². The summed E-state index contributed by atoms with van der Waals surface area (Å²) in [4.78, 5) is 23.3. The van der Waals surface area contributed by atoms with E-state index in [1.807, 2.05) is 6.92 Å². The Balaban J connectivity index is 1.84. The number of carbonyl (C=O) groups excluding carboxylic acids is 2. The summed E-state index contributed by atoms with van der Waals surface area (Å²) in [7, 11) is 0. The summed E-state index contributed by atoms with van der Waals surface area (Å²) in [6, 6.07) is 4.34. The summed E-state index contributed by atoms with van der Waals surface area (Å²) in [6.07, 6.45) is 0.436. The highest BCUT2D eigenvalue weighted by atomic mass is 32.2. The van der Waals surface area contributed by atoms with Crippen LogP contribution in [0.5, 0.6) is 0 Å². The molecule has 1 saturated heterocycles. The van der Waals surface area contributed by atoms with Gasteiger partial charge in [-0.25, -0.2) is 4.39 Å². The van der Waals surface area contributed by atoms with Crippen LogP contribution in [-0.4, -0.2) is 29.1 Å². The molecule has 5 nitrogen and oxygen atoms in total. The van der Waals surface area contributed by atoms with Crippen LogP contribution < -0.4 is 16.0 Å². The minimum absolute atomic E-state index is 0.0277. The maximum Gasteiger partial charge on any atom is 0.234 e. The fraction of sp³-hybridized carbons (Fsp3) is 0.429. The Morgan fingerprint density at radius 2 is 2.29 bits per heavy atom. The largest absolute Gasteiger partial charge is 0.332 e. The van der Waals surface area contributed by atoms with Gasteiger partial charge in [0.05, 0.1) is 5.75 Å². The van der Waals surface area contributed by atoms with Crippen LogP contribution in [0.2, 0.25) is 0 Å². The maximum atomic E-state index is 13.1. The zero-order chi connectivity index (χ0) is 15.4. The van der Waals surface area contributed by atoms with Crippen molar-refractivity contribution < 1.29 is 14.0 Å². The summed E-state index contributed by atoms with van der Waals surface area (Å²) in [5.41, 5.74) is 0.989. The zero-order valence-corrected chi connectivity index (χ0v) is 12.7. The van der Waals surface area contributed by atoms with Gasteiger partial charge in [0, 0.05) is 18.2 Å². The van der Waals surface area contributed by atoms with Gasteiger partial charge in [0.2, 0.25) is 11.8 Å². The van der Waals surface area contributed by atoms with E-state index in [1.165, 1.54) is 23.9 Å². The van der Waals surface area contributed by atoms with E-state index in [4.69, 9.17) is 0 Å². The topological polar surface area (TPSA) is 70.2 Å². The molecule has 0 bridgehead atoms. The monoisotopic (exact) mass is 311 g/mol. The van der Waals surface area contributed by atoms with Gasteiger partial charge in [-0.2, -0.15) is 0 Å². The van der Waals surface area contributed by atoms with Crippen LogP contribution >= 0.6 is 11.8 Å². The first kappa shape index (κ1) is 15.8. The summed E-state index contributed by atoms with van der Waals surface area (Å²) in [5, 5.41) is 8.61. The molecular weight excluding hydrogens is 293 g/mol. The lowest BCUT2D eigenvalue weighted by Crippen LogP contribution is -2.53. The summed E-state index contributed by atoms with van der Waals surface area (Å²) >= 11 is 1.29. The predicted molar refractivity (Wildman–Crippen MR) is 81.4 cm³/mol. The third kappa shape index (κ3) is 4.71. The number of benzene rings is 1. The van der Waals surface area contributed by atoms with E-state index < -0.39 is 5.82 Å². The first-order valence-corrected chi connectivity index (χ1v) is 7.72. The fourth-order valence-corrected chi connectivity index (χ4v) is 2.94. The molecule has 1 aromatic rings. The van der Waals surface area contributed by atoms with E-state index in [-0.39, 0.29) is 29.1 Å². The first-order chi connectivity index (χ1) is 9.94. The molecule has 2 rings (SSSR count). The van der Waals surface area contributed by atoms with E-state index in [2.05, 4.69) is 16.0 Å². The smallest absolute Gasteiger partial charge is 0.234 e. The Bertz CT molecular complexity index is 553. The van der Waals surface area contributed by atoms with Crippen molar-refractivity contribution in [2.45, 2.75) is 31.8 Å². The molecule has 114 valence electrons. The molecule has 3 N–H and O–H groups in total. The number of rotatable bonds is 4. The average Bonchev–Trinajstić information content (AvgIpc) is 2.40. The SMILES string of the molecule is Cc1ccc(F)cc1NC(=O)CSC1NC(=O)CC(C)N1. The lowest BCUT2D eigenvalue weighted by Gasteiger charge is -2.28. The van der Waals surface area contributed by atoms with Crippen LogP contribution in [0.15, 0.2) is 18.2 Å². The van der Waals surface area contributed by atoms with Gasteiger partial charge >= 0.3 is 0 Å². The Morgan fingerprint density at radius 3 is 3.00 bits per heavy atom. The number of anilines is 1. The van der Waals surface area contributed by atoms with Gasteiger partial charge in [0.15, 0.2) is 0 Å². The van der Waals surface area contributed by atoms with Crippen molar-refractivity contribution in [2.75, 3.05) is 11.1 Å². The number of hydrogen-bond acceptors (Lipinski definition) is 4. The predicted octanol–water partition coefficient (Wildman–Crippen LogP) is 1.59. The highest BCUT2D eigenvalue weighted by molar-refractivity contribution is 8.00. The van der Waals surface area contributed by atoms with Gasteiger partial charge in [0.1, 0.15) is 11.3 Å². The molecule has 21 heavy (non-hydrogen) atoms. The lowest BCUT2D eigenvalue weighted by molar-refractivity contribution is -0.123. The van der Waals surface area contributed by atoms with Crippen molar-refractivity contribution in [1.82, 2.24) is 10.6 Å². The second-order valence-corrected chi connectivity index (χ2v) is 6.13. The maximum absolute atomic E-state index is 13.1. The molecule has 1 aliphatic rings. The number of nitrogens with one attached hydrogen (secondary N) is 3. The van der Waals surface area contributed by atoms with Crippen LogP contribution in [-0.2, 0) is 9.59 Å². The van der Waals surface area contributed by atoms with Gasteiger partial charge in [-0.15, -0.1) is 11.8 Å². The van der Waals surface area contributed by atoms with Crippen molar-refractivity contribution in [1.29, 1.82) is 0 Å². The van der Waals surface area contributed by atoms with Crippen LogP contribution in [0, 0.1) is 12.7 Å². The minimum Gasteiger partial charge on any atom is -0.332 e. The van der Waals surface area contributed by atoms with E-state index in [9.17, 15) is 14.0 Å². The molecule has 7 heteroatoms. The molecular formula is C14H18FN3O2S. The molecule has 1 fully saturated rings. The lowest BCUT2D eigenvalue weighted by atomic mass is 10.2. The van der Waals surface area contributed by atoms with Crippen molar-refractivity contribution in [3.8, 4) is 0 Å². The number of amides is 2. The molecule has 2 unspecified atom stereocenters. The van der Waals surface area contributed by atoms with Crippen LogP contribution in [0.1, 0.15) is 18.9 Å². The number of hydrogen-bond donors (Lipinski definition) is 3. The van der Waals surface area contributed by atoms with Gasteiger partial charge < -0.3 is 10.6 Å². The number of thioether (sulfide) groups is 1.